The van der Waals surface area contributed by atoms with Gasteiger partial charge in [-0.15, -0.1) is 10.2 Å². The van der Waals surface area contributed by atoms with Gasteiger partial charge >= 0.3 is 0 Å². The topological polar surface area (TPSA) is 51.0 Å². The van der Waals surface area contributed by atoms with E-state index >= 15 is 0 Å². The molecule has 6 heteroatoms. The average Bonchev–Trinajstić information content (AvgIpc) is 3.17. The molecule has 0 unspecified atom stereocenters. The lowest BCUT2D eigenvalue weighted by Gasteiger charge is -2.23. The number of hydrogen-bond donors (Lipinski definition) is 0. The van der Waals surface area contributed by atoms with Crippen molar-refractivity contribution in [3.8, 4) is 5.69 Å². The number of para-hydroxylation sites is 1. The molecular formula is C25H24N4OS. The van der Waals surface area contributed by atoms with Crippen LogP contribution in [0.4, 0.5) is 5.69 Å². The molecule has 4 rings (SSSR count). The predicted molar refractivity (Wildman–Crippen MR) is 126 cm³/mol. The summed E-state index contributed by atoms with van der Waals surface area (Å²) in [6.07, 6.45) is 0. The number of carbonyl (C=O) groups excluding carboxylic acids is 1. The molecule has 0 aliphatic carbocycles. The molecule has 0 aliphatic heterocycles. The zero-order valence-corrected chi connectivity index (χ0v) is 18.4. The number of hydrogen-bond acceptors (Lipinski definition) is 4. The first kappa shape index (κ1) is 20.9. The van der Waals surface area contributed by atoms with E-state index in [2.05, 4.69) is 10.2 Å². The lowest BCUT2D eigenvalue weighted by molar-refractivity contribution is -0.116. The monoisotopic (exact) mass is 428 g/mol. The van der Waals surface area contributed by atoms with E-state index in [1.807, 2.05) is 108 Å². The molecule has 31 heavy (non-hydrogen) atoms. The molecule has 0 bridgehead atoms. The normalized spacial score (nSPS) is 10.8. The molecule has 1 heterocycles. The number of aromatic nitrogens is 3. The van der Waals surface area contributed by atoms with Gasteiger partial charge in [0.2, 0.25) is 5.91 Å². The van der Waals surface area contributed by atoms with Crippen molar-refractivity contribution in [2.24, 2.45) is 0 Å². The summed E-state index contributed by atoms with van der Waals surface area (Å²) in [5.74, 6) is 1.09. The predicted octanol–water partition coefficient (Wildman–Crippen LogP) is 5.21. The summed E-state index contributed by atoms with van der Waals surface area (Å²) < 4.78 is 1.98. The van der Waals surface area contributed by atoms with E-state index in [0.717, 1.165) is 28.3 Å². The Morgan fingerprint density at radius 2 is 1.61 bits per heavy atom. The van der Waals surface area contributed by atoms with Crippen LogP contribution in [0, 0.1) is 13.8 Å². The molecule has 5 nitrogen and oxygen atoms in total. The second kappa shape index (κ2) is 9.62. The van der Waals surface area contributed by atoms with Gasteiger partial charge in [0.1, 0.15) is 5.82 Å². The van der Waals surface area contributed by atoms with Crippen LogP contribution < -0.4 is 4.90 Å². The minimum absolute atomic E-state index is 0.0275. The van der Waals surface area contributed by atoms with Gasteiger partial charge in [-0.3, -0.25) is 9.36 Å². The van der Waals surface area contributed by atoms with Crippen LogP contribution in [0.25, 0.3) is 5.69 Å². The summed E-state index contributed by atoms with van der Waals surface area (Å²) in [5, 5.41) is 9.23. The third kappa shape index (κ3) is 5.03. The second-order valence-electron chi connectivity index (χ2n) is 7.29. The minimum Gasteiger partial charge on any atom is -0.307 e. The van der Waals surface area contributed by atoms with Crippen LogP contribution in [-0.2, 0) is 11.3 Å². The first-order chi connectivity index (χ1) is 15.1. The Morgan fingerprint density at radius 1 is 0.903 bits per heavy atom. The fraction of sp³-hybridized carbons (Fsp3) is 0.160. The van der Waals surface area contributed by atoms with E-state index in [1.165, 1.54) is 11.8 Å². The first-order valence-electron chi connectivity index (χ1n) is 10.1. The summed E-state index contributed by atoms with van der Waals surface area (Å²) in [4.78, 5) is 15.2. The molecule has 0 radical (unpaired) electrons. The molecule has 0 spiro atoms. The Kier molecular flexibility index (Phi) is 6.48. The highest BCUT2D eigenvalue weighted by Crippen LogP contribution is 2.25. The largest absolute Gasteiger partial charge is 0.307 e. The van der Waals surface area contributed by atoms with Crippen LogP contribution in [0.15, 0.2) is 90.1 Å². The standard InChI is InChI=1S/C25H24N4OS/c1-19-10-9-15-23(16-19)28(17-21-11-5-3-6-12-21)24(30)18-31-25-27-26-20(2)29(25)22-13-7-4-8-14-22/h3-16H,17-18H2,1-2H3. The van der Waals surface area contributed by atoms with Crippen LogP contribution in [-0.4, -0.2) is 26.4 Å². The zero-order chi connectivity index (χ0) is 21.6. The fourth-order valence-corrected chi connectivity index (χ4v) is 4.27. The number of nitrogens with zero attached hydrogens (tertiary/aromatic N) is 4. The summed E-state index contributed by atoms with van der Waals surface area (Å²) in [6.45, 7) is 4.48. The smallest absolute Gasteiger partial charge is 0.237 e. The van der Waals surface area contributed by atoms with Crippen molar-refractivity contribution in [3.05, 3.63) is 102 Å². The van der Waals surface area contributed by atoms with Crippen LogP contribution >= 0.6 is 11.8 Å². The quantitative estimate of drug-likeness (QED) is 0.379. The van der Waals surface area contributed by atoms with Crippen molar-refractivity contribution in [2.45, 2.75) is 25.5 Å². The van der Waals surface area contributed by atoms with E-state index in [4.69, 9.17) is 0 Å². The number of carbonyl (C=O) groups is 1. The van der Waals surface area contributed by atoms with Crippen molar-refractivity contribution in [3.63, 3.8) is 0 Å². The molecule has 0 N–H and O–H groups in total. The highest BCUT2D eigenvalue weighted by molar-refractivity contribution is 7.99. The summed E-state index contributed by atoms with van der Waals surface area (Å²) in [5.41, 5.74) is 4.09. The lowest BCUT2D eigenvalue weighted by Crippen LogP contribution is -2.32. The van der Waals surface area contributed by atoms with E-state index < -0.39 is 0 Å². The molecule has 1 aromatic heterocycles. The van der Waals surface area contributed by atoms with Gasteiger partial charge in [-0.1, -0.05) is 72.4 Å². The van der Waals surface area contributed by atoms with Gasteiger partial charge in [0.15, 0.2) is 5.16 Å². The van der Waals surface area contributed by atoms with Gasteiger partial charge in [-0.25, -0.2) is 0 Å². The van der Waals surface area contributed by atoms with Gasteiger partial charge in [-0.2, -0.15) is 0 Å². The van der Waals surface area contributed by atoms with Crippen molar-refractivity contribution in [1.82, 2.24) is 14.8 Å². The fourth-order valence-electron chi connectivity index (χ4n) is 3.40. The maximum absolute atomic E-state index is 13.3. The second-order valence-corrected chi connectivity index (χ2v) is 8.24. The Hall–Kier alpha value is -3.38. The highest BCUT2D eigenvalue weighted by atomic mass is 32.2. The van der Waals surface area contributed by atoms with Gasteiger partial charge in [0.05, 0.1) is 12.3 Å². The number of benzene rings is 3. The van der Waals surface area contributed by atoms with E-state index in [1.54, 1.807) is 0 Å². The van der Waals surface area contributed by atoms with Crippen LogP contribution in [0.5, 0.6) is 0 Å². The Bertz CT molecular complexity index is 1160. The molecule has 0 saturated heterocycles. The molecule has 0 aliphatic rings. The molecule has 0 saturated carbocycles. The van der Waals surface area contributed by atoms with Crippen molar-refractivity contribution in [2.75, 3.05) is 10.7 Å². The van der Waals surface area contributed by atoms with Gasteiger partial charge in [0, 0.05) is 11.4 Å². The summed E-state index contributed by atoms with van der Waals surface area (Å²) in [7, 11) is 0. The summed E-state index contributed by atoms with van der Waals surface area (Å²) >= 11 is 1.41. The third-order valence-electron chi connectivity index (χ3n) is 4.93. The molecule has 1 amide bonds. The van der Waals surface area contributed by atoms with Crippen LogP contribution in [0.3, 0.4) is 0 Å². The maximum Gasteiger partial charge on any atom is 0.237 e. The Labute approximate surface area is 186 Å². The molecule has 3 aromatic carbocycles. The van der Waals surface area contributed by atoms with Gasteiger partial charge in [0.25, 0.3) is 0 Å². The summed E-state index contributed by atoms with van der Waals surface area (Å²) in [6, 6.07) is 28.1. The van der Waals surface area contributed by atoms with Gasteiger partial charge < -0.3 is 4.90 Å². The first-order valence-corrected chi connectivity index (χ1v) is 11.1. The van der Waals surface area contributed by atoms with E-state index in [9.17, 15) is 4.79 Å². The lowest BCUT2D eigenvalue weighted by atomic mass is 10.1. The number of thioether (sulfide) groups is 1. The minimum atomic E-state index is 0.0275. The Morgan fingerprint density at radius 3 is 2.32 bits per heavy atom. The number of rotatable bonds is 7. The molecule has 156 valence electrons. The molecule has 0 fully saturated rings. The van der Waals surface area contributed by atoms with Crippen molar-refractivity contribution >= 4 is 23.4 Å². The van der Waals surface area contributed by atoms with E-state index in [-0.39, 0.29) is 11.7 Å². The number of anilines is 1. The molecular weight excluding hydrogens is 404 g/mol. The number of amides is 1. The van der Waals surface area contributed by atoms with E-state index in [0.29, 0.717) is 11.7 Å². The Balaban J connectivity index is 1.56. The highest BCUT2D eigenvalue weighted by Gasteiger charge is 2.19. The SMILES string of the molecule is Cc1cccc(N(Cc2ccccc2)C(=O)CSc2nnc(C)n2-c2ccccc2)c1. The van der Waals surface area contributed by atoms with Gasteiger partial charge in [-0.05, 0) is 49.2 Å². The van der Waals surface area contributed by atoms with Crippen LogP contribution in [0.2, 0.25) is 0 Å². The third-order valence-corrected chi connectivity index (χ3v) is 5.85. The average molecular weight is 429 g/mol. The molecule has 4 aromatic rings. The zero-order valence-electron chi connectivity index (χ0n) is 17.6. The maximum atomic E-state index is 13.3. The van der Waals surface area contributed by atoms with Crippen LogP contribution in [0.1, 0.15) is 17.0 Å². The van der Waals surface area contributed by atoms with Crippen molar-refractivity contribution in [1.29, 1.82) is 0 Å². The number of aryl methyl sites for hydroxylation is 2. The molecule has 0 atom stereocenters. The van der Waals surface area contributed by atoms with Crippen molar-refractivity contribution < 1.29 is 4.79 Å².